The van der Waals surface area contributed by atoms with Gasteiger partial charge < -0.3 is 21.3 Å². The van der Waals surface area contributed by atoms with E-state index in [1.54, 1.807) is 12.3 Å². The largest absolute Gasteiger partial charge is 0.391 e. The van der Waals surface area contributed by atoms with Crippen molar-refractivity contribution in [2.75, 3.05) is 10.6 Å². The lowest BCUT2D eigenvalue weighted by atomic mass is 9.85. The summed E-state index contributed by atoms with van der Waals surface area (Å²) in [5.41, 5.74) is 1.17. The van der Waals surface area contributed by atoms with E-state index in [0.717, 1.165) is 31.5 Å². The Balaban J connectivity index is 1.05. The summed E-state index contributed by atoms with van der Waals surface area (Å²) >= 11 is 0. The Morgan fingerprint density at radius 2 is 1.63 bits per heavy atom. The fraction of sp³-hybridized carbons (Fsp3) is 0.692. The van der Waals surface area contributed by atoms with Crippen LogP contribution in [0, 0.1) is 5.92 Å². The van der Waals surface area contributed by atoms with Crippen molar-refractivity contribution in [2.24, 2.45) is 5.92 Å². The Hall–Kier alpha value is -3.05. The van der Waals surface area contributed by atoms with Crippen molar-refractivity contribution in [1.82, 2.24) is 30.8 Å². The highest BCUT2D eigenvalue weighted by Gasteiger charge is 2.42. The first-order chi connectivity index (χ1) is 18.3. The molecule has 0 aliphatic heterocycles. The lowest BCUT2D eigenvalue weighted by molar-refractivity contribution is -0.183. The van der Waals surface area contributed by atoms with Crippen LogP contribution in [0.1, 0.15) is 88.7 Å². The summed E-state index contributed by atoms with van der Waals surface area (Å²) in [4.78, 5) is 21.3. The maximum atomic E-state index is 13.0. The smallest absolute Gasteiger partial charge is 0.351 e. The zero-order valence-corrected chi connectivity index (χ0v) is 21.5. The molecule has 3 saturated carbocycles. The van der Waals surface area contributed by atoms with E-state index < -0.39 is 18.1 Å². The molecule has 2 amide bonds. The van der Waals surface area contributed by atoms with Crippen molar-refractivity contribution in [2.45, 2.75) is 107 Å². The van der Waals surface area contributed by atoms with Crippen LogP contribution in [0.25, 0.3) is 0 Å². The normalized spacial score (nSPS) is 26.6. The summed E-state index contributed by atoms with van der Waals surface area (Å²) in [5.74, 6) is 1.17. The van der Waals surface area contributed by atoms with Crippen LogP contribution in [0.3, 0.4) is 0 Å². The molecule has 2 atom stereocenters. The number of rotatable bonds is 7. The predicted octanol–water partition coefficient (Wildman–Crippen LogP) is 5.74. The minimum absolute atomic E-state index is 0.00213. The Bertz CT molecular complexity index is 1060. The highest BCUT2D eigenvalue weighted by atomic mass is 19.4. The van der Waals surface area contributed by atoms with Gasteiger partial charge in [-0.1, -0.05) is 19.3 Å². The molecule has 2 heterocycles. The number of carbonyl (C=O) groups is 1. The number of amides is 2. The van der Waals surface area contributed by atoms with Crippen LogP contribution in [0.15, 0.2) is 18.3 Å². The molecule has 3 aliphatic rings. The quantitative estimate of drug-likeness (QED) is 0.309. The SMILES string of the molecule is O=C(N[C@@H]1CCC[C@H](C(F)(F)F)C1)N[C@H]1CC[C@H](Nc2nccc(Nc3cc(C4CCCC4)[nH]n3)n2)CC1. The molecule has 5 N–H and O–H groups in total. The standard InChI is InChI=1S/C26H37F3N8O/c27-26(28,29)17-6-3-7-20(14-17)33-25(38)32-19-10-8-18(9-11-19)31-24-30-13-12-22(35-24)34-23-15-21(36-37-23)16-4-1-2-5-16/h12-13,15-20H,1-11,14H2,(H2,32,33,38)(H3,30,31,34,35,36,37)/t17-,18-,19-,20+/m0/s1. The van der Waals surface area contributed by atoms with E-state index in [2.05, 4.69) is 47.5 Å². The van der Waals surface area contributed by atoms with Crippen molar-refractivity contribution in [3.8, 4) is 0 Å². The number of aromatic nitrogens is 4. The Labute approximate surface area is 220 Å². The molecular formula is C26H37F3N8O. The number of anilines is 3. The van der Waals surface area contributed by atoms with Crippen molar-refractivity contribution >= 4 is 23.6 Å². The second kappa shape index (κ2) is 11.8. The predicted molar refractivity (Wildman–Crippen MR) is 138 cm³/mol. The molecule has 0 radical (unpaired) electrons. The number of halogens is 3. The third-order valence-corrected chi connectivity index (χ3v) is 8.17. The van der Waals surface area contributed by atoms with Gasteiger partial charge in [0.05, 0.1) is 5.92 Å². The highest BCUT2D eigenvalue weighted by Crippen LogP contribution is 2.37. The second-order valence-corrected chi connectivity index (χ2v) is 11.0. The number of urea groups is 1. The minimum atomic E-state index is -4.20. The molecule has 0 aromatic carbocycles. The average Bonchev–Trinajstić information content (AvgIpc) is 3.58. The Kier molecular flexibility index (Phi) is 8.23. The molecule has 0 bridgehead atoms. The zero-order valence-electron chi connectivity index (χ0n) is 21.5. The van der Waals surface area contributed by atoms with Crippen LogP contribution in [-0.2, 0) is 0 Å². The molecule has 9 nitrogen and oxygen atoms in total. The summed E-state index contributed by atoms with van der Waals surface area (Å²) < 4.78 is 39.1. The monoisotopic (exact) mass is 534 g/mol. The maximum absolute atomic E-state index is 13.0. The number of H-pyrrole nitrogens is 1. The highest BCUT2D eigenvalue weighted by molar-refractivity contribution is 5.74. The second-order valence-electron chi connectivity index (χ2n) is 11.0. The van der Waals surface area contributed by atoms with Gasteiger partial charge in [0.1, 0.15) is 5.82 Å². The van der Waals surface area contributed by atoms with Crippen molar-refractivity contribution in [3.05, 3.63) is 24.0 Å². The van der Waals surface area contributed by atoms with Gasteiger partial charge in [-0.3, -0.25) is 5.10 Å². The van der Waals surface area contributed by atoms with Crippen molar-refractivity contribution in [3.63, 3.8) is 0 Å². The van der Waals surface area contributed by atoms with Crippen LogP contribution in [0.5, 0.6) is 0 Å². The van der Waals surface area contributed by atoms with Gasteiger partial charge in [0.25, 0.3) is 0 Å². The third kappa shape index (κ3) is 7.08. The van der Waals surface area contributed by atoms with Gasteiger partial charge in [-0.25, -0.2) is 9.78 Å². The molecule has 38 heavy (non-hydrogen) atoms. The van der Waals surface area contributed by atoms with E-state index in [1.165, 1.54) is 31.4 Å². The molecule has 3 fully saturated rings. The molecule has 0 unspecified atom stereocenters. The number of nitrogens with zero attached hydrogens (tertiary/aromatic N) is 3. The number of carbonyl (C=O) groups excluding carboxylic acids is 1. The van der Waals surface area contributed by atoms with E-state index in [-0.39, 0.29) is 31.0 Å². The Morgan fingerprint density at radius 1 is 0.895 bits per heavy atom. The molecule has 5 rings (SSSR count). The summed E-state index contributed by atoms with van der Waals surface area (Å²) in [7, 11) is 0. The van der Waals surface area contributed by atoms with Gasteiger partial charge in [-0.15, -0.1) is 0 Å². The van der Waals surface area contributed by atoms with Crippen LogP contribution >= 0.6 is 0 Å². The van der Waals surface area contributed by atoms with E-state index in [4.69, 9.17) is 0 Å². The number of aromatic amines is 1. The summed E-state index contributed by atoms with van der Waals surface area (Å²) in [6.45, 7) is 0. The summed E-state index contributed by atoms with van der Waals surface area (Å²) in [5, 5.41) is 19.9. The van der Waals surface area contributed by atoms with E-state index in [1.807, 2.05) is 0 Å². The molecule has 0 saturated heterocycles. The molecule has 208 valence electrons. The molecule has 2 aromatic rings. The van der Waals surface area contributed by atoms with Gasteiger partial charge >= 0.3 is 12.2 Å². The third-order valence-electron chi connectivity index (χ3n) is 8.17. The van der Waals surface area contributed by atoms with Crippen LogP contribution in [0.2, 0.25) is 0 Å². The first-order valence-corrected chi connectivity index (χ1v) is 13.9. The number of hydrogen-bond acceptors (Lipinski definition) is 6. The van der Waals surface area contributed by atoms with Gasteiger partial charge in [-0.2, -0.15) is 23.3 Å². The topological polar surface area (TPSA) is 120 Å². The van der Waals surface area contributed by atoms with Crippen LogP contribution in [-0.4, -0.2) is 50.5 Å². The van der Waals surface area contributed by atoms with Gasteiger partial charge in [0.15, 0.2) is 5.82 Å². The van der Waals surface area contributed by atoms with Crippen molar-refractivity contribution < 1.29 is 18.0 Å². The fourth-order valence-corrected chi connectivity index (χ4v) is 6.07. The molecular weight excluding hydrogens is 497 g/mol. The van der Waals surface area contributed by atoms with Gasteiger partial charge in [-0.05, 0) is 63.9 Å². The maximum Gasteiger partial charge on any atom is 0.391 e. The molecule has 0 spiro atoms. The molecule has 12 heteroatoms. The lowest BCUT2D eigenvalue weighted by Crippen LogP contribution is -2.49. The van der Waals surface area contributed by atoms with Crippen LogP contribution < -0.4 is 21.3 Å². The van der Waals surface area contributed by atoms with Gasteiger partial charge in [0, 0.05) is 42.0 Å². The van der Waals surface area contributed by atoms with E-state index >= 15 is 0 Å². The number of nitrogens with one attached hydrogen (secondary N) is 5. The van der Waals surface area contributed by atoms with Crippen molar-refractivity contribution in [1.29, 1.82) is 0 Å². The lowest BCUT2D eigenvalue weighted by Gasteiger charge is -2.33. The van der Waals surface area contributed by atoms with E-state index in [9.17, 15) is 18.0 Å². The minimum Gasteiger partial charge on any atom is -0.351 e. The fourth-order valence-electron chi connectivity index (χ4n) is 6.07. The zero-order chi connectivity index (χ0) is 26.5. The van der Waals surface area contributed by atoms with E-state index in [0.29, 0.717) is 30.5 Å². The van der Waals surface area contributed by atoms with Gasteiger partial charge in [0.2, 0.25) is 5.95 Å². The Morgan fingerprint density at radius 3 is 2.39 bits per heavy atom. The first kappa shape index (κ1) is 26.6. The average molecular weight is 535 g/mol. The summed E-state index contributed by atoms with van der Waals surface area (Å²) in [6.07, 6.45) is 6.83. The summed E-state index contributed by atoms with van der Waals surface area (Å²) in [6, 6.07) is 3.23. The molecule has 2 aromatic heterocycles. The number of hydrogen-bond donors (Lipinski definition) is 5. The first-order valence-electron chi connectivity index (χ1n) is 13.9. The molecule has 3 aliphatic carbocycles. The van der Waals surface area contributed by atoms with Crippen LogP contribution in [0.4, 0.5) is 35.5 Å². The number of alkyl halides is 3.